The third-order valence-electron chi connectivity index (χ3n) is 4.62. The Bertz CT molecular complexity index is 1130. The molecule has 0 fully saturated rings. The molecule has 0 saturated heterocycles. The van der Waals surface area contributed by atoms with E-state index >= 15 is 0 Å². The summed E-state index contributed by atoms with van der Waals surface area (Å²) in [5.41, 5.74) is 6.22. The highest BCUT2D eigenvalue weighted by Crippen LogP contribution is 2.43. The molecule has 3 nitrogen and oxygen atoms in total. The van der Waals surface area contributed by atoms with Crippen molar-refractivity contribution in [3.63, 3.8) is 0 Å². The van der Waals surface area contributed by atoms with Crippen molar-refractivity contribution in [2.75, 3.05) is 0 Å². The molecule has 0 aliphatic rings. The smallest absolute Gasteiger partial charge is 0.197 e. The lowest BCUT2D eigenvalue weighted by Crippen LogP contribution is -1.90. The molecule has 0 aliphatic carbocycles. The lowest BCUT2D eigenvalue weighted by Gasteiger charge is -2.11. The number of benzene rings is 2. The number of para-hydroxylation sites is 1. The summed E-state index contributed by atoms with van der Waals surface area (Å²) >= 11 is 0. The lowest BCUT2D eigenvalue weighted by atomic mass is 9.95. The van der Waals surface area contributed by atoms with Crippen molar-refractivity contribution in [3.05, 3.63) is 71.2 Å². The molecule has 4 rings (SSSR count). The highest BCUT2D eigenvalue weighted by molar-refractivity contribution is 6.11. The zero-order chi connectivity index (χ0) is 17.6. The molecule has 0 radical (unpaired) electrons. The van der Waals surface area contributed by atoms with Gasteiger partial charge in [-0.3, -0.25) is 4.98 Å². The van der Waals surface area contributed by atoms with Crippen molar-refractivity contribution in [1.82, 2.24) is 4.98 Å². The fourth-order valence-electron chi connectivity index (χ4n) is 3.49. The Morgan fingerprint density at radius 1 is 1.04 bits per heavy atom. The molecule has 0 bridgehead atoms. The first-order valence-corrected chi connectivity index (χ1v) is 8.39. The van der Waals surface area contributed by atoms with Crippen molar-refractivity contribution in [2.24, 2.45) is 0 Å². The minimum Gasteiger partial charge on any atom is -0.456 e. The first kappa shape index (κ1) is 15.4. The zero-order valence-electron chi connectivity index (χ0n) is 14.5. The van der Waals surface area contributed by atoms with Crippen LogP contribution in [0.15, 0.2) is 53.1 Å². The molecule has 0 saturated carbocycles. The van der Waals surface area contributed by atoms with Crippen LogP contribution in [0.5, 0.6) is 0 Å². The van der Waals surface area contributed by atoms with Gasteiger partial charge in [0.05, 0.1) is 12.3 Å². The maximum atomic E-state index is 7.58. The Hall–Kier alpha value is -3.12. The summed E-state index contributed by atoms with van der Waals surface area (Å²) in [6.07, 6.45) is 1.79. The fraction of sp³-hybridized carbons (Fsp3) is 0.182. The second-order valence-electron chi connectivity index (χ2n) is 6.60. The summed E-state index contributed by atoms with van der Waals surface area (Å²) in [5, 5.41) is 2.14. The van der Waals surface area contributed by atoms with Gasteiger partial charge in [-0.05, 0) is 36.6 Å². The SMILES string of the molecule is [C-]#[N+]c1c(C)cc2c(oc3c(-c4ccccn4)cccc32)c1C(C)C. The van der Waals surface area contributed by atoms with Crippen LogP contribution in [0.3, 0.4) is 0 Å². The van der Waals surface area contributed by atoms with Gasteiger partial charge in [0, 0.05) is 28.1 Å². The van der Waals surface area contributed by atoms with Crippen LogP contribution in [0.2, 0.25) is 0 Å². The zero-order valence-corrected chi connectivity index (χ0v) is 14.5. The average molecular weight is 326 g/mol. The van der Waals surface area contributed by atoms with E-state index in [1.165, 1.54) is 0 Å². The Morgan fingerprint density at radius 3 is 2.56 bits per heavy atom. The molecule has 4 aromatic rings. The third-order valence-corrected chi connectivity index (χ3v) is 4.62. The second kappa shape index (κ2) is 5.75. The van der Waals surface area contributed by atoms with Crippen LogP contribution in [0.4, 0.5) is 5.69 Å². The number of hydrogen-bond acceptors (Lipinski definition) is 2. The average Bonchev–Trinajstić information content (AvgIpc) is 2.99. The van der Waals surface area contributed by atoms with Gasteiger partial charge in [0.1, 0.15) is 11.2 Å². The van der Waals surface area contributed by atoms with Gasteiger partial charge < -0.3 is 4.42 Å². The van der Waals surface area contributed by atoms with Gasteiger partial charge in [-0.25, -0.2) is 4.85 Å². The number of aromatic nitrogens is 1. The van der Waals surface area contributed by atoms with Crippen LogP contribution in [0.25, 0.3) is 38.0 Å². The molecule has 0 atom stereocenters. The third kappa shape index (κ3) is 2.30. The van der Waals surface area contributed by atoms with Gasteiger partial charge in [0.25, 0.3) is 0 Å². The highest BCUT2D eigenvalue weighted by atomic mass is 16.3. The van der Waals surface area contributed by atoms with Crippen LogP contribution in [0, 0.1) is 13.5 Å². The summed E-state index contributed by atoms with van der Waals surface area (Å²) < 4.78 is 6.34. The first-order chi connectivity index (χ1) is 12.1. The molecule has 0 unspecified atom stereocenters. The van der Waals surface area contributed by atoms with E-state index in [4.69, 9.17) is 11.0 Å². The molecule has 0 amide bonds. The molecule has 2 aromatic carbocycles. The van der Waals surface area contributed by atoms with E-state index in [1.807, 2.05) is 37.3 Å². The number of furan rings is 1. The Morgan fingerprint density at radius 2 is 1.88 bits per heavy atom. The number of pyridine rings is 1. The van der Waals surface area contributed by atoms with E-state index in [1.54, 1.807) is 6.20 Å². The standard InChI is InChI=1S/C22H18N2O/c1-13(2)19-20(23-4)14(3)12-17-15-8-7-9-16(21(15)25-22(17)19)18-10-5-6-11-24-18/h5-13H,1-3H3. The molecule has 0 spiro atoms. The van der Waals surface area contributed by atoms with Crippen LogP contribution in [0.1, 0.15) is 30.9 Å². The maximum Gasteiger partial charge on any atom is 0.197 e. The van der Waals surface area contributed by atoms with Crippen molar-refractivity contribution in [2.45, 2.75) is 26.7 Å². The van der Waals surface area contributed by atoms with E-state index in [2.05, 4.69) is 35.8 Å². The predicted molar refractivity (Wildman–Crippen MR) is 102 cm³/mol. The van der Waals surface area contributed by atoms with Gasteiger partial charge in [-0.15, -0.1) is 0 Å². The highest BCUT2D eigenvalue weighted by Gasteiger charge is 2.21. The molecule has 0 N–H and O–H groups in total. The monoisotopic (exact) mass is 326 g/mol. The number of fused-ring (bicyclic) bond motifs is 3. The number of nitrogens with zero attached hydrogens (tertiary/aromatic N) is 2. The Balaban J connectivity index is 2.16. The van der Waals surface area contributed by atoms with Crippen LogP contribution in [-0.2, 0) is 0 Å². The number of rotatable bonds is 2. The van der Waals surface area contributed by atoms with Crippen LogP contribution in [-0.4, -0.2) is 4.98 Å². The van der Waals surface area contributed by atoms with E-state index in [0.29, 0.717) is 5.69 Å². The Labute approximate surface area is 146 Å². The minimum absolute atomic E-state index is 0.213. The molecule has 2 heterocycles. The van der Waals surface area contributed by atoms with Gasteiger partial charge in [-0.2, -0.15) is 0 Å². The number of hydrogen-bond donors (Lipinski definition) is 0. The fourth-order valence-corrected chi connectivity index (χ4v) is 3.49. The molecule has 0 aliphatic heterocycles. The first-order valence-electron chi connectivity index (χ1n) is 8.39. The lowest BCUT2D eigenvalue weighted by molar-refractivity contribution is 0.658. The van der Waals surface area contributed by atoms with E-state index in [-0.39, 0.29) is 5.92 Å². The molecule has 2 aromatic heterocycles. The Kier molecular flexibility index (Phi) is 3.54. The van der Waals surface area contributed by atoms with E-state index < -0.39 is 0 Å². The van der Waals surface area contributed by atoms with Gasteiger partial charge in [0.2, 0.25) is 0 Å². The number of aryl methyl sites for hydroxylation is 1. The van der Waals surface area contributed by atoms with E-state index in [9.17, 15) is 0 Å². The quantitative estimate of drug-likeness (QED) is 0.387. The maximum absolute atomic E-state index is 7.58. The van der Waals surface area contributed by atoms with Crippen molar-refractivity contribution in [1.29, 1.82) is 0 Å². The van der Waals surface area contributed by atoms with Crippen molar-refractivity contribution < 1.29 is 4.42 Å². The van der Waals surface area contributed by atoms with E-state index in [0.717, 1.165) is 44.3 Å². The molecular formula is C22H18N2O. The predicted octanol–water partition coefficient (Wildman–Crippen LogP) is 6.63. The summed E-state index contributed by atoms with van der Waals surface area (Å²) in [6.45, 7) is 13.8. The molecular weight excluding hydrogens is 308 g/mol. The molecule has 122 valence electrons. The molecule has 3 heteroatoms. The summed E-state index contributed by atoms with van der Waals surface area (Å²) in [7, 11) is 0. The summed E-state index contributed by atoms with van der Waals surface area (Å²) in [6, 6.07) is 14.1. The van der Waals surface area contributed by atoms with Crippen LogP contribution >= 0.6 is 0 Å². The minimum atomic E-state index is 0.213. The van der Waals surface area contributed by atoms with Gasteiger partial charge in [-0.1, -0.05) is 38.1 Å². The molecule has 25 heavy (non-hydrogen) atoms. The largest absolute Gasteiger partial charge is 0.456 e. The van der Waals surface area contributed by atoms with Crippen molar-refractivity contribution >= 4 is 27.6 Å². The van der Waals surface area contributed by atoms with Gasteiger partial charge >= 0.3 is 0 Å². The van der Waals surface area contributed by atoms with Crippen molar-refractivity contribution in [3.8, 4) is 11.3 Å². The topological polar surface area (TPSA) is 30.4 Å². The summed E-state index contributed by atoms with van der Waals surface area (Å²) in [5.74, 6) is 0.213. The van der Waals surface area contributed by atoms with Crippen LogP contribution < -0.4 is 0 Å². The normalized spacial score (nSPS) is 11.3. The summed E-state index contributed by atoms with van der Waals surface area (Å²) in [4.78, 5) is 8.24. The van der Waals surface area contributed by atoms with Gasteiger partial charge in [0.15, 0.2) is 5.69 Å². The second-order valence-corrected chi connectivity index (χ2v) is 6.60.